The van der Waals surface area contributed by atoms with Crippen molar-refractivity contribution in [1.82, 2.24) is 9.88 Å². The van der Waals surface area contributed by atoms with E-state index < -0.39 is 0 Å². The van der Waals surface area contributed by atoms with Gasteiger partial charge in [-0.3, -0.25) is 4.79 Å². The monoisotopic (exact) mass is 322 g/mol. The number of ketones is 1. The molecule has 0 amide bonds. The minimum atomic E-state index is 0. The van der Waals surface area contributed by atoms with Crippen molar-refractivity contribution in [2.24, 2.45) is 0 Å². The number of hydrogen-bond donors (Lipinski definition) is 0. The van der Waals surface area contributed by atoms with Gasteiger partial charge in [-0.1, -0.05) is 30.3 Å². The molecule has 1 aromatic carbocycles. The summed E-state index contributed by atoms with van der Waals surface area (Å²) >= 11 is 1.62. The van der Waals surface area contributed by atoms with Crippen LogP contribution >= 0.6 is 24.2 Å². The van der Waals surface area contributed by atoms with Crippen LogP contribution in [0.5, 0.6) is 0 Å². The van der Waals surface area contributed by atoms with Crippen LogP contribution in [0.4, 0.5) is 0 Å². The zero-order valence-corrected chi connectivity index (χ0v) is 13.8. The summed E-state index contributed by atoms with van der Waals surface area (Å²) in [4.78, 5) is 19.0. The summed E-state index contributed by atoms with van der Waals surface area (Å²) in [7, 11) is 4.07. The minimum Gasteiger partial charge on any atom is -0.309 e. The second-order valence-corrected chi connectivity index (χ2v) is 5.79. The lowest BCUT2D eigenvalue weighted by molar-refractivity contribution is 0.103. The van der Waals surface area contributed by atoms with E-state index in [0.29, 0.717) is 11.1 Å². The van der Waals surface area contributed by atoms with Gasteiger partial charge in [-0.05, 0) is 26.2 Å². The molecule has 3 nitrogen and oxygen atoms in total. The third-order valence-electron chi connectivity index (χ3n) is 2.83. The van der Waals surface area contributed by atoms with Gasteiger partial charge in [-0.2, -0.15) is 0 Å². The van der Waals surface area contributed by atoms with E-state index in [-0.39, 0.29) is 18.2 Å². The highest BCUT2D eigenvalue weighted by Gasteiger charge is 2.14. The molecule has 0 saturated carbocycles. The quantitative estimate of drug-likeness (QED) is 0.603. The van der Waals surface area contributed by atoms with Crippen LogP contribution in [0.3, 0.4) is 0 Å². The molecule has 0 aliphatic heterocycles. The van der Waals surface area contributed by atoms with Gasteiger partial charge in [0.1, 0.15) is 5.03 Å². The largest absolute Gasteiger partial charge is 0.309 e. The number of halogens is 1. The fourth-order valence-electron chi connectivity index (χ4n) is 1.75. The van der Waals surface area contributed by atoms with E-state index in [1.165, 1.54) is 0 Å². The summed E-state index contributed by atoms with van der Waals surface area (Å²) in [6.07, 6.45) is 1.74. The Morgan fingerprint density at radius 2 is 1.86 bits per heavy atom. The molecule has 21 heavy (non-hydrogen) atoms. The molecule has 2 rings (SSSR count). The maximum Gasteiger partial charge on any atom is 0.195 e. The summed E-state index contributed by atoms with van der Waals surface area (Å²) in [5, 5.41) is 0.809. The third kappa shape index (κ3) is 5.16. The van der Waals surface area contributed by atoms with E-state index >= 15 is 0 Å². The number of nitrogens with zero attached hydrogens (tertiary/aromatic N) is 2. The first-order valence-corrected chi connectivity index (χ1v) is 7.49. The number of carbonyl (C=O) groups is 1. The van der Waals surface area contributed by atoms with E-state index in [1.54, 1.807) is 18.0 Å². The van der Waals surface area contributed by atoms with Gasteiger partial charge < -0.3 is 4.90 Å². The average molecular weight is 323 g/mol. The predicted molar refractivity (Wildman–Crippen MR) is 90.6 cm³/mol. The van der Waals surface area contributed by atoms with Crippen molar-refractivity contribution in [2.75, 3.05) is 26.4 Å². The number of aromatic nitrogens is 1. The molecule has 2 aromatic rings. The normalized spacial score (nSPS) is 10.2. The van der Waals surface area contributed by atoms with Crippen LogP contribution in [0.2, 0.25) is 0 Å². The molecule has 0 spiro atoms. The molecule has 5 heteroatoms. The number of hydrogen-bond acceptors (Lipinski definition) is 4. The first kappa shape index (κ1) is 17.7. The molecule has 0 bridgehead atoms. The van der Waals surface area contributed by atoms with Crippen LogP contribution in [-0.4, -0.2) is 42.1 Å². The third-order valence-corrected chi connectivity index (χ3v) is 3.81. The van der Waals surface area contributed by atoms with Crippen molar-refractivity contribution < 1.29 is 4.79 Å². The molecule has 1 heterocycles. The van der Waals surface area contributed by atoms with Crippen molar-refractivity contribution >= 4 is 30.0 Å². The molecule has 0 aliphatic rings. The molecule has 0 aliphatic carbocycles. The zero-order chi connectivity index (χ0) is 14.4. The van der Waals surface area contributed by atoms with Crippen LogP contribution in [0, 0.1) is 0 Å². The summed E-state index contributed by atoms with van der Waals surface area (Å²) in [6, 6.07) is 13.0. The lowest BCUT2D eigenvalue weighted by atomic mass is 10.1. The molecule has 0 atom stereocenters. The van der Waals surface area contributed by atoms with Gasteiger partial charge in [-0.15, -0.1) is 24.2 Å². The average Bonchev–Trinajstić information content (AvgIpc) is 2.47. The number of benzene rings is 1. The van der Waals surface area contributed by atoms with E-state index in [2.05, 4.69) is 9.88 Å². The molecule has 0 radical (unpaired) electrons. The maximum absolute atomic E-state index is 12.5. The van der Waals surface area contributed by atoms with Crippen LogP contribution in [0.25, 0.3) is 0 Å². The lowest BCUT2D eigenvalue weighted by Gasteiger charge is -2.10. The second kappa shape index (κ2) is 8.82. The van der Waals surface area contributed by atoms with Crippen molar-refractivity contribution in [3.05, 3.63) is 59.8 Å². The molecular weight excluding hydrogens is 304 g/mol. The summed E-state index contributed by atoms with van der Waals surface area (Å²) < 4.78 is 0. The van der Waals surface area contributed by atoms with E-state index in [1.807, 2.05) is 56.6 Å². The Labute approximate surface area is 136 Å². The van der Waals surface area contributed by atoms with Crippen LogP contribution in [-0.2, 0) is 0 Å². The Balaban J connectivity index is 0.00000220. The first-order chi connectivity index (χ1) is 9.68. The van der Waals surface area contributed by atoms with Crippen molar-refractivity contribution in [3.8, 4) is 0 Å². The summed E-state index contributed by atoms with van der Waals surface area (Å²) in [5.41, 5.74) is 1.39. The molecule has 0 fully saturated rings. The molecule has 1 aromatic heterocycles. The predicted octanol–water partition coefficient (Wildman–Crippen LogP) is 3.39. The molecule has 112 valence electrons. The molecule has 0 N–H and O–H groups in total. The van der Waals surface area contributed by atoms with Crippen molar-refractivity contribution in [1.29, 1.82) is 0 Å². The molecule has 0 saturated heterocycles. The Morgan fingerprint density at radius 1 is 1.14 bits per heavy atom. The second-order valence-electron chi connectivity index (χ2n) is 4.70. The maximum atomic E-state index is 12.5. The topological polar surface area (TPSA) is 33.2 Å². The number of thioether (sulfide) groups is 1. The van der Waals surface area contributed by atoms with Crippen LogP contribution < -0.4 is 0 Å². The summed E-state index contributed by atoms with van der Waals surface area (Å²) in [6.45, 7) is 0.959. The SMILES string of the molecule is CN(C)CCSc1ncccc1C(=O)c1ccccc1.Cl. The van der Waals surface area contributed by atoms with Gasteiger partial charge in [0.2, 0.25) is 0 Å². The van der Waals surface area contributed by atoms with Crippen LogP contribution in [0.15, 0.2) is 53.7 Å². The number of rotatable bonds is 6. The Bertz CT molecular complexity index is 575. The van der Waals surface area contributed by atoms with Gasteiger partial charge in [0.25, 0.3) is 0 Å². The zero-order valence-electron chi connectivity index (χ0n) is 12.2. The molecule has 0 unspecified atom stereocenters. The first-order valence-electron chi connectivity index (χ1n) is 6.51. The Morgan fingerprint density at radius 3 is 2.52 bits per heavy atom. The fourth-order valence-corrected chi connectivity index (χ4v) is 2.85. The van der Waals surface area contributed by atoms with Crippen LogP contribution in [0.1, 0.15) is 15.9 Å². The van der Waals surface area contributed by atoms with Gasteiger partial charge in [0.05, 0.1) is 5.56 Å². The number of carbonyl (C=O) groups excluding carboxylic acids is 1. The van der Waals surface area contributed by atoms with E-state index in [4.69, 9.17) is 0 Å². The van der Waals surface area contributed by atoms with Gasteiger partial charge in [0.15, 0.2) is 5.78 Å². The smallest absolute Gasteiger partial charge is 0.195 e. The highest BCUT2D eigenvalue weighted by atomic mass is 35.5. The Kier molecular flexibility index (Phi) is 7.43. The fraction of sp³-hybridized carbons (Fsp3) is 0.250. The Hall–Kier alpha value is -1.36. The van der Waals surface area contributed by atoms with Crippen molar-refractivity contribution in [3.63, 3.8) is 0 Å². The minimum absolute atomic E-state index is 0. The van der Waals surface area contributed by atoms with E-state index in [0.717, 1.165) is 17.3 Å². The highest BCUT2D eigenvalue weighted by Crippen LogP contribution is 2.22. The number of pyridine rings is 1. The van der Waals surface area contributed by atoms with Gasteiger partial charge in [-0.25, -0.2) is 4.98 Å². The van der Waals surface area contributed by atoms with Crippen molar-refractivity contribution in [2.45, 2.75) is 5.03 Å². The van der Waals surface area contributed by atoms with E-state index in [9.17, 15) is 4.79 Å². The van der Waals surface area contributed by atoms with Gasteiger partial charge in [0, 0.05) is 24.1 Å². The van der Waals surface area contributed by atoms with Gasteiger partial charge >= 0.3 is 0 Å². The molecular formula is C16H19ClN2OS. The lowest BCUT2D eigenvalue weighted by Crippen LogP contribution is -2.15. The highest BCUT2D eigenvalue weighted by molar-refractivity contribution is 7.99. The summed E-state index contributed by atoms with van der Waals surface area (Å²) in [5.74, 6) is 0.949. The standard InChI is InChI=1S/C16H18N2OS.ClH/c1-18(2)11-12-20-16-14(9-6-10-17-16)15(19)13-7-4-3-5-8-13;/h3-10H,11-12H2,1-2H3;1H.